The maximum absolute atomic E-state index is 4.76. The standard InChI is InChI=1S/C25H20N6/c1-2-31-15-26-14-25(31)23-12-22-11-20-6-5-18(28-20)9-16-3-4-17(27-16)10-19-7-8-21(29-19)13-24(23)30-22/h3-15,28,30H,2H2,1H3. The summed E-state index contributed by atoms with van der Waals surface area (Å²) in [5, 5.41) is 0. The Bertz CT molecular complexity index is 1530. The van der Waals surface area contributed by atoms with Gasteiger partial charge in [-0.2, -0.15) is 0 Å². The van der Waals surface area contributed by atoms with Crippen LogP contribution in [0, 0.1) is 0 Å². The van der Waals surface area contributed by atoms with Gasteiger partial charge >= 0.3 is 0 Å². The molecule has 6 heteroatoms. The first-order chi connectivity index (χ1) is 15.2. The van der Waals surface area contributed by atoms with E-state index in [1.54, 1.807) is 0 Å². The zero-order chi connectivity index (χ0) is 20.8. The van der Waals surface area contributed by atoms with Gasteiger partial charge in [-0.15, -0.1) is 0 Å². The number of nitrogens with one attached hydrogen (secondary N) is 2. The number of hydrogen-bond donors (Lipinski definition) is 2. The maximum atomic E-state index is 4.76. The van der Waals surface area contributed by atoms with Gasteiger partial charge in [0, 0.05) is 28.7 Å². The van der Waals surface area contributed by atoms with Crippen LogP contribution in [0.3, 0.4) is 0 Å². The fourth-order valence-electron chi connectivity index (χ4n) is 4.03. The van der Waals surface area contributed by atoms with Crippen molar-refractivity contribution in [2.45, 2.75) is 13.5 Å². The Morgan fingerprint density at radius 1 is 0.742 bits per heavy atom. The molecule has 6 nitrogen and oxygen atoms in total. The van der Waals surface area contributed by atoms with Crippen LogP contribution in [0.1, 0.15) is 29.7 Å². The molecule has 0 saturated heterocycles. The third-order valence-electron chi connectivity index (χ3n) is 5.50. The molecule has 6 rings (SSSR count). The number of imidazole rings is 1. The maximum Gasteiger partial charge on any atom is 0.0950 e. The molecule has 150 valence electrons. The molecule has 0 radical (unpaired) electrons. The molecule has 8 bridgehead atoms. The van der Waals surface area contributed by atoms with Crippen LogP contribution in [0.25, 0.3) is 57.6 Å². The summed E-state index contributed by atoms with van der Waals surface area (Å²) in [5.74, 6) is 0. The van der Waals surface area contributed by atoms with E-state index in [0.29, 0.717) is 0 Å². The predicted molar refractivity (Wildman–Crippen MR) is 126 cm³/mol. The summed E-state index contributed by atoms with van der Waals surface area (Å²) in [6.07, 6.45) is 11.9. The van der Waals surface area contributed by atoms with Crippen molar-refractivity contribution < 1.29 is 0 Å². The molecule has 2 aliphatic heterocycles. The van der Waals surface area contributed by atoms with Crippen LogP contribution in [0.2, 0.25) is 0 Å². The highest BCUT2D eigenvalue weighted by atomic mass is 15.0. The summed E-state index contributed by atoms with van der Waals surface area (Å²) in [6.45, 7) is 2.98. The van der Waals surface area contributed by atoms with Crippen molar-refractivity contribution in [1.82, 2.24) is 29.5 Å². The van der Waals surface area contributed by atoms with Crippen molar-refractivity contribution >= 4 is 46.4 Å². The Labute approximate surface area is 178 Å². The lowest BCUT2D eigenvalue weighted by Crippen LogP contribution is -1.93. The number of hydrogen-bond acceptors (Lipinski definition) is 3. The highest BCUT2D eigenvalue weighted by molar-refractivity contribution is 5.86. The third kappa shape index (κ3) is 3.28. The van der Waals surface area contributed by atoms with Gasteiger partial charge in [0.25, 0.3) is 0 Å². The zero-order valence-corrected chi connectivity index (χ0v) is 17.0. The Kier molecular flexibility index (Phi) is 3.96. The monoisotopic (exact) mass is 404 g/mol. The second kappa shape index (κ2) is 6.95. The molecule has 2 N–H and O–H groups in total. The first-order valence-electron chi connectivity index (χ1n) is 10.3. The second-order valence-electron chi connectivity index (χ2n) is 7.65. The van der Waals surface area contributed by atoms with E-state index in [1.165, 1.54) is 0 Å². The van der Waals surface area contributed by atoms with E-state index in [4.69, 9.17) is 4.98 Å². The second-order valence-corrected chi connectivity index (χ2v) is 7.65. The van der Waals surface area contributed by atoms with Gasteiger partial charge in [-0.05, 0) is 73.7 Å². The molecule has 0 atom stereocenters. The summed E-state index contributed by atoms with van der Waals surface area (Å²) in [4.78, 5) is 20.8. The van der Waals surface area contributed by atoms with Crippen molar-refractivity contribution in [3.63, 3.8) is 0 Å². The lowest BCUT2D eigenvalue weighted by atomic mass is 10.2. The van der Waals surface area contributed by atoms with E-state index in [2.05, 4.69) is 61.8 Å². The van der Waals surface area contributed by atoms with Gasteiger partial charge < -0.3 is 14.5 Å². The van der Waals surface area contributed by atoms with Crippen LogP contribution < -0.4 is 0 Å². The molecule has 0 unspecified atom stereocenters. The molecule has 0 amide bonds. The van der Waals surface area contributed by atoms with E-state index in [9.17, 15) is 0 Å². The first-order valence-corrected chi connectivity index (χ1v) is 10.3. The van der Waals surface area contributed by atoms with Gasteiger partial charge in [-0.1, -0.05) is 0 Å². The van der Waals surface area contributed by atoms with Gasteiger partial charge in [-0.25, -0.2) is 15.0 Å². The molecule has 0 fully saturated rings. The smallest absolute Gasteiger partial charge is 0.0950 e. The summed E-state index contributed by atoms with van der Waals surface area (Å²) in [7, 11) is 0. The van der Waals surface area contributed by atoms with Crippen molar-refractivity contribution in [3.05, 3.63) is 77.8 Å². The van der Waals surface area contributed by atoms with Crippen molar-refractivity contribution in [1.29, 1.82) is 0 Å². The summed E-state index contributed by atoms with van der Waals surface area (Å²) >= 11 is 0. The van der Waals surface area contributed by atoms with Crippen molar-refractivity contribution in [2.24, 2.45) is 0 Å². The Hall–Kier alpha value is -4.19. The molecule has 4 aromatic rings. The highest BCUT2D eigenvalue weighted by Gasteiger charge is 2.10. The molecule has 0 saturated carbocycles. The van der Waals surface area contributed by atoms with Crippen molar-refractivity contribution in [2.75, 3.05) is 0 Å². The number of nitrogens with zero attached hydrogens (tertiary/aromatic N) is 4. The van der Waals surface area contributed by atoms with Gasteiger partial charge in [0.2, 0.25) is 0 Å². The molecule has 2 aliphatic rings. The van der Waals surface area contributed by atoms with Crippen LogP contribution in [-0.2, 0) is 6.54 Å². The van der Waals surface area contributed by atoms with Crippen LogP contribution in [0.15, 0.2) is 55.0 Å². The van der Waals surface area contributed by atoms with E-state index in [-0.39, 0.29) is 0 Å². The summed E-state index contributed by atoms with van der Waals surface area (Å²) in [5.41, 5.74) is 9.84. The average molecular weight is 404 g/mol. The topological polar surface area (TPSA) is 75.2 Å². The first kappa shape index (κ1) is 17.7. The number of aromatic nitrogens is 6. The van der Waals surface area contributed by atoms with Gasteiger partial charge in [0.05, 0.1) is 46.5 Å². The minimum Gasteiger partial charge on any atom is -0.355 e. The predicted octanol–water partition coefficient (Wildman–Crippen LogP) is 5.54. The zero-order valence-electron chi connectivity index (χ0n) is 17.0. The molecule has 6 heterocycles. The minimum atomic E-state index is 0.858. The lowest BCUT2D eigenvalue weighted by molar-refractivity contribution is 0.769. The largest absolute Gasteiger partial charge is 0.355 e. The molecule has 0 aromatic carbocycles. The average Bonchev–Trinajstić information content (AvgIpc) is 3.56. The SMILES string of the molecule is CCn1cncc1-c1cc2cc3ccc(cc4nc(cc5nc(cc1[nH]2)C=C5)C=C4)[nH]3. The Morgan fingerprint density at radius 3 is 2.16 bits per heavy atom. The molecular weight excluding hydrogens is 384 g/mol. The number of H-pyrrole nitrogens is 2. The van der Waals surface area contributed by atoms with Crippen LogP contribution >= 0.6 is 0 Å². The lowest BCUT2D eigenvalue weighted by Gasteiger charge is -2.02. The molecular formula is C25H20N6. The fraction of sp³-hybridized carbons (Fsp3) is 0.0800. The number of fused-ring (bicyclic) bond motifs is 8. The highest BCUT2D eigenvalue weighted by Crippen LogP contribution is 2.27. The minimum absolute atomic E-state index is 0.858. The van der Waals surface area contributed by atoms with Crippen LogP contribution in [-0.4, -0.2) is 29.5 Å². The summed E-state index contributed by atoms with van der Waals surface area (Å²) in [6, 6.07) is 14.5. The van der Waals surface area contributed by atoms with Crippen LogP contribution in [0.4, 0.5) is 0 Å². The third-order valence-corrected chi connectivity index (χ3v) is 5.50. The normalized spacial score (nSPS) is 12.5. The number of aryl methyl sites for hydroxylation is 1. The van der Waals surface area contributed by atoms with Gasteiger partial charge in [0.15, 0.2) is 0 Å². The molecule has 0 aliphatic carbocycles. The van der Waals surface area contributed by atoms with E-state index in [1.807, 2.05) is 49.0 Å². The van der Waals surface area contributed by atoms with Gasteiger partial charge in [-0.3, -0.25) is 0 Å². The quantitative estimate of drug-likeness (QED) is 0.398. The van der Waals surface area contributed by atoms with Crippen LogP contribution in [0.5, 0.6) is 0 Å². The fourth-order valence-corrected chi connectivity index (χ4v) is 4.03. The van der Waals surface area contributed by atoms with Gasteiger partial charge in [0.1, 0.15) is 0 Å². The summed E-state index contributed by atoms with van der Waals surface area (Å²) < 4.78 is 2.14. The van der Waals surface area contributed by atoms with E-state index in [0.717, 1.165) is 62.6 Å². The molecule has 4 aromatic heterocycles. The Balaban J connectivity index is 1.68. The number of aromatic amines is 2. The van der Waals surface area contributed by atoms with Crippen molar-refractivity contribution in [3.8, 4) is 11.3 Å². The van der Waals surface area contributed by atoms with E-state index >= 15 is 0 Å². The van der Waals surface area contributed by atoms with E-state index < -0.39 is 0 Å². The number of rotatable bonds is 2. The Morgan fingerprint density at radius 2 is 1.42 bits per heavy atom. The molecule has 31 heavy (non-hydrogen) atoms. The molecule has 0 spiro atoms.